The largest absolute Gasteiger partial charge is 0.394 e. The highest BCUT2D eigenvalue weighted by Crippen LogP contribution is 2.19. The Balaban J connectivity index is 1.94. The molecule has 1 rings (SSSR count). The molecule has 1 saturated heterocycles. The van der Waals surface area contributed by atoms with Gasteiger partial charge in [-0.15, -0.1) is 0 Å². The molecule has 0 aliphatic carbocycles. The summed E-state index contributed by atoms with van der Waals surface area (Å²) in [5, 5.41) is 9.22. The zero-order chi connectivity index (χ0) is 14.6. The van der Waals surface area contributed by atoms with Crippen LogP contribution in [-0.2, 0) is 4.79 Å². The zero-order valence-corrected chi connectivity index (χ0v) is 13.3. The molecule has 20 heavy (non-hydrogen) atoms. The van der Waals surface area contributed by atoms with Gasteiger partial charge in [-0.3, -0.25) is 4.79 Å². The second-order valence-electron chi connectivity index (χ2n) is 6.14. The molecule has 1 fully saturated rings. The molecule has 0 bridgehead atoms. The third-order valence-corrected chi connectivity index (χ3v) is 4.40. The summed E-state index contributed by atoms with van der Waals surface area (Å²) in [5.74, 6) is 0.254. The van der Waals surface area contributed by atoms with Crippen LogP contribution in [0, 0.1) is 0 Å². The van der Waals surface area contributed by atoms with Gasteiger partial charge in [0.25, 0.3) is 0 Å². The average Bonchev–Trinajstić information content (AvgIpc) is 2.94. The Kier molecular flexibility index (Phi) is 9.73. The predicted molar refractivity (Wildman–Crippen MR) is 83.7 cm³/mol. The molecule has 1 amide bonds. The second-order valence-corrected chi connectivity index (χ2v) is 6.14. The molecule has 0 radical (unpaired) electrons. The maximum atomic E-state index is 12.0. The van der Waals surface area contributed by atoms with Crippen LogP contribution in [0.5, 0.6) is 0 Å². The summed E-state index contributed by atoms with van der Waals surface area (Å²) in [5.41, 5.74) is 0. The van der Waals surface area contributed by atoms with Crippen LogP contribution in [-0.4, -0.2) is 35.1 Å². The van der Waals surface area contributed by atoms with Crippen molar-refractivity contribution >= 4 is 5.91 Å². The predicted octanol–water partition coefficient (Wildman–Crippen LogP) is 3.89. The summed E-state index contributed by atoms with van der Waals surface area (Å²) in [6.07, 6.45) is 14.3. The topological polar surface area (TPSA) is 40.5 Å². The summed E-state index contributed by atoms with van der Waals surface area (Å²) in [7, 11) is 0. The van der Waals surface area contributed by atoms with Crippen LogP contribution >= 0.6 is 0 Å². The zero-order valence-electron chi connectivity index (χ0n) is 13.3. The van der Waals surface area contributed by atoms with Crippen LogP contribution in [0.4, 0.5) is 0 Å². The fourth-order valence-electron chi connectivity index (χ4n) is 3.08. The minimum atomic E-state index is 0.0982. The number of carbonyl (C=O) groups excluding carboxylic acids is 1. The quantitative estimate of drug-likeness (QED) is 0.584. The Hall–Kier alpha value is -0.570. The van der Waals surface area contributed by atoms with E-state index in [0.717, 1.165) is 25.8 Å². The summed E-state index contributed by atoms with van der Waals surface area (Å²) in [6, 6.07) is 0.0982. The summed E-state index contributed by atoms with van der Waals surface area (Å²) < 4.78 is 0. The van der Waals surface area contributed by atoms with Crippen molar-refractivity contribution in [2.24, 2.45) is 0 Å². The molecule has 0 aromatic carbocycles. The number of amides is 1. The van der Waals surface area contributed by atoms with Crippen LogP contribution in [0.1, 0.15) is 84.0 Å². The first-order valence-corrected chi connectivity index (χ1v) is 8.70. The number of hydrogen-bond donors (Lipinski definition) is 1. The van der Waals surface area contributed by atoms with Gasteiger partial charge in [-0.05, 0) is 19.3 Å². The van der Waals surface area contributed by atoms with E-state index in [9.17, 15) is 9.90 Å². The number of likely N-dealkylation sites (tertiary alicyclic amines) is 1. The van der Waals surface area contributed by atoms with Gasteiger partial charge in [-0.1, -0.05) is 58.3 Å². The molecule has 0 aromatic heterocycles. The third kappa shape index (κ3) is 6.74. The lowest BCUT2D eigenvalue weighted by Gasteiger charge is -2.22. The van der Waals surface area contributed by atoms with Gasteiger partial charge in [-0.25, -0.2) is 0 Å². The maximum Gasteiger partial charge on any atom is 0.222 e. The normalized spacial score (nSPS) is 18.7. The number of nitrogens with zero attached hydrogens (tertiary/aromatic N) is 1. The van der Waals surface area contributed by atoms with Gasteiger partial charge in [0.1, 0.15) is 0 Å². The highest BCUT2D eigenvalue weighted by molar-refractivity contribution is 5.76. The van der Waals surface area contributed by atoms with E-state index in [1.807, 2.05) is 4.90 Å². The van der Waals surface area contributed by atoms with Crippen LogP contribution in [0.15, 0.2) is 0 Å². The van der Waals surface area contributed by atoms with E-state index in [0.29, 0.717) is 6.42 Å². The Morgan fingerprint density at radius 1 is 1.05 bits per heavy atom. The number of rotatable bonds is 11. The van der Waals surface area contributed by atoms with Crippen LogP contribution in [0.2, 0.25) is 0 Å². The van der Waals surface area contributed by atoms with E-state index in [2.05, 4.69) is 6.92 Å². The first-order chi connectivity index (χ1) is 9.79. The monoisotopic (exact) mass is 283 g/mol. The fourth-order valence-corrected chi connectivity index (χ4v) is 3.08. The number of aliphatic hydroxyl groups excluding tert-OH is 1. The smallest absolute Gasteiger partial charge is 0.222 e. The summed E-state index contributed by atoms with van der Waals surface area (Å²) in [4.78, 5) is 13.9. The van der Waals surface area contributed by atoms with Crippen molar-refractivity contribution < 1.29 is 9.90 Å². The standard InChI is InChI=1S/C17H33NO2/c1-2-3-4-5-6-7-8-9-10-13-17(20)18-14-11-12-16(18)15-19/h16,19H,2-15H2,1H3/t16-/m1/s1. The van der Waals surface area contributed by atoms with Crippen LogP contribution in [0.25, 0.3) is 0 Å². The van der Waals surface area contributed by atoms with E-state index < -0.39 is 0 Å². The van der Waals surface area contributed by atoms with Crippen molar-refractivity contribution in [2.45, 2.75) is 90.0 Å². The lowest BCUT2D eigenvalue weighted by atomic mass is 10.1. The SMILES string of the molecule is CCCCCCCCCCCC(=O)N1CCC[C@@H]1CO. The molecule has 1 aliphatic heterocycles. The minimum Gasteiger partial charge on any atom is -0.394 e. The number of carbonyl (C=O) groups is 1. The van der Waals surface area contributed by atoms with Crippen molar-refractivity contribution in [3.8, 4) is 0 Å². The van der Waals surface area contributed by atoms with E-state index >= 15 is 0 Å². The summed E-state index contributed by atoms with van der Waals surface area (Å²) in [6.45, 7) is 3.23. The van der Waals surface area contributed by atoms with Crippen molar-refractivity contribution in [1.82, 2.24) is 4.90 Å². The molecule has 1 N–H and O–H groups in total. The number of aliphatic hydroxyl groups is 1. The van der Waals surface area contributed by atoms with Gasteiger partial charge >= 0.3 is 0 Å². The highest BCUT2D eigenvalue weighted by Gasteiger charge is 2.27. The molecule has 0 spiro atoms. The molecule has 3 heteroatoms. The molecular weight excluding hydrogens is 250 g/mol. The second kappa shape index (κ2) is 11.1. The van der Waals surface area contributed by atoms with Crippen molar-refractivity contribution in [3.05, 3.63) is 0 Å². The fraction of sp³-hybridized carbons (Fsp3) is 0.941. The molecule has 1 heterocycles. The molecule has 0 unspecified atom stereocenters. The summed E-state index contributed by atoms with van der Waals surface area (Å²) >= 11 is 0. The molecule has 0 saturated carbocycles. The lowest BCUT2D eigenvalue weighted by molar-refractivity contribution is -0.132. The van der Waals surface area contributed by atoms with Gasteiger partial charge in [0.2, 0.25) is 5.91 Å². The third-order valence-electron chi connectivity index (χ3n) is 4.40. The van der Waals surface area contributed by atoms with E-state index in [1.54, 1.807) is 0 Å². The van der Waals surface area contributed by atoms with Crippen molar-refractivity contribution in [2.75, 3.05) is 13.2 Å². The van der Waals surface area contributed by atoms with E-state index in [1.165, 1.54) is 51.4 Å². The molecular formula is C17H33NO2. The number of hydrogen-bond acceptors (Lipinski definition) is 2. The van der Waals surface area contributed by atoms with Crippen LogP contribution < -0.4 is 0 Å². The lowest BCUT2D eigenvalue weighted by Crippen LogP contribution is -2.37. The molecule has 3 nitrogen and oxygen atoms in total. The van der Waals surface area contributed by atoms with Gasteiger partial charge in [0, 0.05) is 13.0 Å². The minimum absolute atomic E-state index is 0.0982. The van der Waals surface area contributed by atoms with Gasteiger partial charge in [0.15, 0.2) is 0 Å². The highest BCUT2D eigenvalue weighted by atomic mass is 16.3. The van der Waals surface area contributed by atoms with Gasteiger partial charge in [-0.2, -0.15) is 0 Å². The van der Waals surface area contributed by atoms with Gasteiger partial charge in [0.05, 0.1) is 12.6 Å². The Bertz CT molecular complexity index is 255. The first-order valence-electron chi connectivity index (χ1n) is 8.70. The van der Waals surface area contributed by atoms with E-state index in [4.69, 9.17) is 0 Å². The average molecular weight is 283 g/mol. The Morgan fingerprint density at radius 3 is 2.25 bits per heavy atom. The first kappa shape index (κ1) is 17.5. The van der Waals surface area contributed by atoms with Crippen molar-refractivity contribution in [3.63, 3.8) is 0 Å². The molecule has 1 atom stereocenters. The molecule has 118 valence electrons. The maximum absolute atomic E-state index is 12.0. The number of unbranched alkanes of at least 4 members (excludes halogenated alkanes) is 8. The Morgan fingerprint density at radius 2 is 1.65 bits per heavy atom. The van der Waals surface area contributed by atoms with E-state index in [-0.39, 0.29) is 18.6 Å². The molecule has 0 aromatic rings. The molecule has 1 aliphatic rings. The van der Waals surface area contributed by atoms with Crippen molar-refractivity contribution in [1.29, 1.82) is 0 Å². The Labute approximate surface area is 124 Å². The van der Waals surface area contributed by atoms with Crippen LogP contribution in [0.3, 0.4) is 0 Å². The van der Waals surface area contributed by atoms with Gasteiger partial charge < -0.3 is 10.0 Å².